The van der Waals surface area contributed by atoms with E-state index in [0.717, 1.165) is 35.6 Å². The van der Waals surface area contributed by atoms with Gasteiger partial charge in [0, 0.05) is 29.9 Å². The van der Waals surface area contributed by atoms with Gasteiger partial charge in [-0.05, 0) is 41.8 Å². The summed E-state index contributed by atoms with van der Waals surface area (Å²) >= 11 is 7.53. The Morgan fingerprint density at radius 3 is 2.90 bits per heavy atom. The summed E-state index contributed by atoms with van der Waals surface area (Å²) in [5.41, 5.74) is 3.71. The first-order valence-electron chi connectivity index (χ1n) is 9.55. The summed E-state index contributed by atoms with van der Waals surface area (Å²) in [6, 6.07) is 15.3. The first-order chi connectivity index (χ1) is 14.6. The zero-order valence-electron chi connectivity index (χ0n) is 16.3. The minimum Gasteiger partial charge on any atom is -0.494 e. The smallest absolute Gasteiger partial charge is 0.265 e. The topological polar surface area (TPSA) is 59.4 Å². The lowest BCUT2D eigenvalue weighted by Crippen LogP contribution is -2.33. The highest BCUT2D eigenvalue weighted by Gasteiger charge is 2.21. The highest BCUT2D eigenvalue weighted by atomic mass is 35.5. The van der Waals surface area contributed by atoms with E-state index in [4.69, 9.17) is 21.3 Å². The number of nitrogens with one attached hydrogen (secondary N) is 1. The molecule has 4 aromatic rings. The summed E-state index contributed by atoms with van der Waals surface area (Å²) < 4.78 is 7.80. The maximum Gasteiger partial charge on any atom is 0.265 e. The Bertz CT molecular complexity index is 1240. The maximum absolute atomic E-state index is 12.4. The van der Waals surface area contributed by atoms with Crippen LogP contribution in [0.25, 0.3) is 11.0 Å². The highest BCUT2D eigenvalue weighted by Crippen LogP contribution is 2.33. The van der Waals surface area contributed by atoms with Gasteiger partial charge in [0.15, 0.2) is 0 Å². The predicted molar refractivity (Wildman–Crippen MR) is 121 cm³/mol. The third-order valence-electron chi connectivity index (χ3n) is 5.26. The van der Waals surface area contributed by atoms with Crippen molar-refractivity contribution in [3.63, 3.8) is 0 Å². The molecule has 0 aliphatic carbocycles. The first-order valence-corrected chi connectivity index (χ1v) is 10.8. The van der Waals surface area contributed by atoms with Gasteiger partial charge in [-0.3, -0.25) is 4.79 Å². The number of halogens is 1. The molecule has 6 nitrogen and oxygen atoms in total. The van der Waals surface area contributed by atoms with Gasteiger partial charge in [0.25, 0.3) is 5.91 Å². The van der Waals surface area contributed by atoms with E-state index in [1.54, 1.807) is 13.2 Å². The van der Waals surface area contributed by atoms with Crippen LogP contribution >= 0.6 is 22.9 Å². The SMILES string of the molecule is COc1cc(N2CCn3c(nc4cc(Cl)ccc43)C2)ccc1NC(=O)c1cccs1. The quantitative estimate of drug-likeness (QED) is 0.485. The fraction of sp³-hybridized carbons (Fsp3) is 0.182. The molecule has 8 heteroatoms. The van der Waals surface area contributed by atoms with E-state index < -0.39 is 0 Å². The molecule has 0 saturated carbocycles. The molecule has 5 rings (SSSR count). The average molecular weight is 439 g/mol. The van der Waals surface area contributed by atoms with Crippen LogP contribution in [0, 0.1) is 0 Å². The lowest BCUT2D eigenvalue weighted by Gasteiger charge is -2.30. The van der Waals surface area contributed by atoms with E-state index >= 15 is 0 Å². The number of aromatic nitrogens is 2. The summed E-state index contributed by atoms with van der Waals surface area (Å²) in [5.74, 6) is 1.50. The molecule has 0 radical (unpaired) electrons. The number of methoxy groups -OCH3 is 1. The Morgan fingerprint density at radius 2 is 2.10 bits per heavy atom. The second-order valence-corrected chi connectivity index (χ2v) is 8.43. The van der Waals surface area contributed by atoms with E-state index in [-0.39, 0.29) is 5.91 Å². The van der Waals surface area contributed by atoms with Crippen LogP contribution in [0.4, 0.5) is 11.4 Å². The van der Waals surface area contributed by atoms with Gasteiger partial charge in [-0.1, -0.05) is 17.7 Å². The monoisotopic (exact) mass is 438 g/mol. The zero-order chi connectivity index (χ0) is 20.7. The van der Waals surface area contributed by atoms with E-state index in [1.807, 2.05) is 47.8 Å². The standard InChI is InChI=1S/C22H19ClN4O2S/c1-29-19-12-15(5-6-16(19)25-22(28)20-3-2-10-30-20)26-8-9-27-18-7-4-14(23)11-17(18)24-21(27)13-26/h2-7,10-12H,8-9,13H2,1H3,(H,25,28). The van der Waals surface area contributed by atoms with E-state index in [2.05, 4.69) is 14.8 Å². The number of fused-ring (bicyclic) bond motifs is 3. The Balaban J connectivity index is 1.39. The van der Waals surface area contributed by atoms with Gasteiger partial charge < -0.3 is 19.5 Å². The number of anilines is 2. The number of rotatable bonds is 4. The summed E-state index contributed by atoms with van der Waals surface area (Å²) in [4.78, 5) is 20.1. The number of carbonyl (C=O) groups is 1. The van der Waals surface area contributed by atoms with Crippen LogP contribution in [0.5, 0.6) is 5.75 Å². The van der Waals surface area contributed by atoms with Crippen molar-refractivity contribution in [2.24, 2.45) is 0 Å². The molecule has 0 fully saturated rings. The van der Waals surface area contributed by atoms with Crippen molar-refractivity contribution < 1.29 is 9.53 Å². The van der Waals surface area contributed by atoms with Gasteiger partial charge in [0.05, 0.1) is 35.3 Å². The lowest BCUT2D eigenvalue weighted by atomic mass is 10.2. The van der Waals surface area contributed by atoms with Crippen molar-refractivity contribution >= 4 is 51.3 Å². The van der Waals surface area contributed by atoms with Crippen molar-refractivity contribution in [2.45, 2.75) is 13.1 Å². The number of ether oxygens (including phenoxy) is 1. The number of thiophene rings is 1. The molecule has 3 heterocycles. The van der Waals surface area contributed by atoms with Crippen LogP contribution in [0.1, 0.15) is 15.5 Å². The summed E-state index contributed by atoms with van der Waals surface area (Å²) in [7, 11) is 1.61. The molecule has 152 valence electrons. The van der Waals surface area contributed by atoms with Gasteiger partial charge in [-0.15, -0.1) is 11.3 Å². The Hall–Kier alpha value is -3.03. The third kappa shape index (κ3) is 3.40. The number of amides is 1. The largest absolute Gasteiger partial charge is 0.494 e. The fourth-order valence-electron chi connectivity index (χ4n) is 3.79. The Morgan fingerprint density at radius 1 is 1.20 bits per heavy atom. The lowest BCUT2D eigenvalue weighted by molar-refractivity contribution is 0.103. The molecule has 0 spiro atoms. The molecule has 0 unspecified atom stereocenters. The van der Waals surface area contributed by atoms with Crippen molar-refractivity contribution in [3.8, 4) is 5.75 Å². The number of hydrogen-bond acceptors (Lipinski definition) is 5. The minimum absolute atomic E-state index is 0.138. The molecule has 0 atom stereocenters. The van der Waals surface area contributed by atoms with Crippen molar-refractivity contribution in [1.82, 2.24) is 9.55 Å². The molecular formula is C22H19ClN4O2S. The van der Waals surface area contributed by atoms with Crippen LogP contribution in [-0.2, 0) is 13.1 Å². The summed E-state index contributed by atoms with van der Waals surface area (Å²) in [5, 5.41) is 5.51. The molecule has 0 saturated heterocycles. The van der Waals surface area contributed by atoms with Crippen LogP contribution in [0.3, 0.4) is 0 Å². The second kappa shape index (κ2) is 7.66. The van der Waals surface area contributed by atoms with Crippen molar-refractivity contribution in [1.29, 1.82) is 0 Å². The highest BCUT2D eigenvalue weighted by molar-refractivity contribution is 7.12. The van der Waals surface area contributed by atoms with Crippen LogP contribution in [0.15, 0.2) is 53.9 Å². The average Bonchev–Trinajstić information content (AvgIpc) is 3.41. The number of benzene rings is 2. The molecule has 30 heavy (non-hydrogen) atoms. The minimum atomic E-state index is -0.138. The van der Waals surface area contributed by atoms with Gasteiger partial charge in [-0.2, -0.15) is 0 Å². The van der Waals surface area contributed by atoms with Gasteiger partial charge in [0.2, 0.25) is 0 Å². The Kier molecular flexibility index (Phi) is 4.84. The number of imidazole rings is 1. The number of nitrogens with zero attached hydrogens (tertiary/aromatic N) is 3. The molecule has 1 aliphatic heterocycles. The second-order valence-electron chi connectivity index (χ2n) is 7.05. The molecular weight excluding hydrogens is 420 g/mol. The predicted octanol–water partition coefficient (Wildman–Crippen LogP) is 5.03. The summed E-state index contributed by atoms with van der Waals surface area (Å²) in [6.07, 6.45) is 0. The third-order valence-corrected chi connectivity index (χ3v) is 6.36. The molecule has 1 N–H and O–H groups in total. The van der Waals surface area contributed by atoms with Gasteiger partial charge in [0.1, 0.15) is 11.6 Å². The fourth-order valence-corrected chi connectivity index (χ4v) is 4.57. The van der Waals surface area contributed by atoms with Gasteiger partial charge >= 0.3 is 0 Å². The van der Waals surface area contributed by atoms with Crippen LogP contribution in [-0.4, -0.2) is 29.1 Å². The van der Waals surface area contributed by atoms with E-state index in [0.29, 0.717) is 27.9 Å². The normalized spacial score (nSPS) is 13.3. The molecule has 1 aliphatic rings. The van der Waals surface area contributed by atoms with Gasteiger partial charge in [-0.25, -0.2) is 4.98 Å². The van der Waals surface area contributed by atoms with Crippen LogP contribution < -0.4 is 15.0 Å². The zero-order valence-corrected chi connectivity index (χ0v) is 17.8. The maximum atomic E-state index is 12.4. The number of carbonyl (C=O) groups excluding carboxylic acids is 1. The molecule has 2 aromatic carbocycles. The van der Waals surface area contributed by atoms with Crippen LogP contribution in [0.2, 0.25) is 5.02 Å². The van der Waals surface area contributed by atoms with E-state index in [9.17, 15) is 4.79 Å². The number of hydrogen-bond donors (Lipinski definition) is 1. The molecule has 0 bridgehead atoms. The Labute approximate surface area is 182 Å². The van der Waals surface area contributed by atoms with Crippen molar-refractivity contribution in [2.75, 3.05) is 23.9 Å². The van der Waals surface area contributed by atoms with E-state index in [1.165, 1.54) is 11.3 Å². The summed E-state index contributed by atoms with van der Waals surface area (Å²) in [6.45, 7) is 2.38. The first kappa shape index (κ1) is 19.0. The van der Waals surface area contributed by atoms with Crippen molar-refractivity contribution in [3.05, 3.63) is 69.6 Å². The molecule has 1 amide bonds. The molecule has 2 aromatic heterocycles.